The van der Waals surface area contributed by atoms with Crippen LogP contribution in [0, 0.1) is 12.3 Å². The number of aryl methyl sites for hydroxylation is 1. The smallest absolute Gasteiger partial charge is 0.124 e. The fraction of sp³-hybridized carbons (Fsp3) is 0.450. The van der Waals surface area contributed by atoms with Gasteiger partial charge in [0.1, 0.15) is 11.9 Å². The zero-order valence-corrected chi connectivity index (χ0v) is 16.3. The van der Waals surface area contributed by atoms with Gasteiger partial charge in [0, 0.05) is 21.8 Å². The summed E-state index contributed by atoms with van der Waals surface area (Å²) in [6.45, 7) is 13.8. The van der Waals surface area contributed by atoms with Crippen LogP contribution in [0.1, 0.15) is 47.1 Å². The minimum atomic E-state index is -0.344. The fourth-order valence-electron chi connectivity index (χ4n) is 1.88. The van der Waals surface area contributed by atoms with Crippen LogP contribution in [0.15, 0.2) is 39.2 Å². The van der Waals surface area contributed by atoms with Crippen molar-refractivity contribution < 1.29 is 9.59 Å². The summed E-state index contributed by atoms with van der Waals surface area (Å²) >= 11 is 1.44. The summed E-state index contributed by atoms with van der Waals surface area (Å²) < 4.78 is 0. The van der Waals surface area contributed by atoms with Crippen LogP contribution in [-0.4, -0.2) is 22.8 Å². The van der Waals surface area contributed by atoms with Crippen LogP contribution in [0.2, 0.25) is 0 Å². The second kappa shape index (κ2) is 8.30. The molecule has 0 aliphatic heterocycles. The molecule has 0 saturated heterocycles. The molecule has 0 N–H and O–H groups in total. The Morgan fingerprint density at radius 2 is 1.62 bits per heavy atom. The van der Waals surface area contributed by atoms with Crippen LogP contribution < -0.4 is 0 Å². The van der Waals surface area contributed by atoms with Crippen molar-refractivity contribution in [1.82, 2.24) is 0 Å². The first-order valence-electron chi connectivity index (χ1n) is 7.86. The predicted molar refractivity (Wildman–Crippen MR) is 103 cm³/mol. The molecule has 0 aromatic heterocycles. The Bertz CT molecular complexity index is 719. The lowest BCUT2D eigenvalue weighted by molar-refractivity contribution is 0.565. The van der Waals surface area contributed by atoms with Gasteiger partial charge in [-0.2, -0.15) is 0 Å². The SMILES string of the molecule is CC(=C=O)C(Sc1ccc(C)c(N=C(C)C(C)(C)C)c1)C(C)=C=O. The number of thioether (sulfide) groups is 1. The highest BCUT2D eigenvalue weighted by atomic mass is 32.2. The Kier molecular flexibility index (Phi) is 6.98. The lowest BCUT2D eigenvalue weighted by Crippen LogP contribution is -2.16. The number of aliphatic imine (C=N–C) groups is 1. The first-order valence-corrected chi connectivity index (χ1v) is 8.74. The summed E-state index contributed by atoms with van der Waals surface area (Å²) in [6, 6.07) is 5.99. The number of hydrogen-bond donors (Lipinski definition) is 0. The van der Waals surface area contributed by atoms with E-state index in [-0.39, 0.29) is 10.7 Å². The summed E-state index contributed by atoms with van der Waals surface area (Å²) in [5, 5.41) is -0.344. The van der Waals surface area contributed by atoms with E-state index in [9.17, 15) is 9.59 Å². The zero-order chi connectivity index (χ0) is 18.5. The van der Waals surface area contributed by atoms with Crippen molar-refractivity contribution in [3.63, 3.8) is 0 Å². The summed E-state index contributed by atoms with van der Waals surface area (Å²) in [4.78, 5) is 27.7. The van der Waals surface area contributed by atoms with Crippen molar-refractivity contribution in [2.75, 3.05) is 0 Å². The first-order chi connectivity index (χ1) is 11.1. The van der Waals surface area contributed by atoms with E-state index in [0.29, 0.717) is 11.1 Å². The van der Waals surface area contributed by atoms with Crippen molar-refractivity contribution in [1.29, 1.82) is 0 Å². The lowest BCUT2D eigenvalue weighted by atomic mass is 9.91. The Hall–Kier alpha value is -1.86. The third-order valence-electron chi connectivity index (χ3n) is 3.92. The summed E-state index contributed by atoms with van der Waals surface area (Å²) in [5.74, 6) is 3.79. The van der Waals surface area contributed by atoms with E-state index < -0.39 is 0 Å². The molecular weight excluding hydrogens is 318 g/mol. The second-order valence-electron chi connectivity index (χ2n) is 6.96. The Balaban J connectivity index is 3.26. The standard InChI is InChI=1S/C20H25NO2S/c1-13-8-9-17(10-18(13)21-16(4)20(5,6)7)24-19(14(2)11-22)15(3)12-23/h8-10,19H,1-7H3. The van der Waals surface area contributed by atoms with Crippen molar-refractivity contribution in [2.45, 2.75) is 58.6 Å². The van der Waals surface area contributed by atoms with Gasteiger partial charge in [0.2, 0.25) is 0 Å². The number of hydrogen-bond acceptors (Lipinski definition) is 4. The summed E-state index contributed by atoms with van der Waals surface area (Å²) in [5.41, 5.74) is 4.02. The van der Waals surface area contributed by atoms with E-state index in [0.717, 1.165) is 21.9 Å². The van der Waals surface area contributed by atoms with Crippen LogP contribution in [-0.2, 0) is 9.59 Å². The molecule has 0 atom stereocenters. The van der Waals surface area contributed by atoms with Gasteiger partial charge in [-0.05, 0) is 50.8 Å². The number of benzene rings is 1. The van der Waals surface area contributed by atoms with Gasteiger partial charge in [0.05, 0.1) is 10.9 Å². The Morgan fingerprint density at radius 1 is 1.08 bits per heavy atom. The molecule has 1 rings (SSSR count). The summed E-state index contributed by atoms with van der Waals surface area (Å²) in [6.07, 6.45) is 0. The third-order valence-corrected chi connectivity index (χ3v) is 5.39. The topological polar surface area (TPSA) is 46.5 Å². The molecular formula is C20H25NO2S. The molecule has 0 unspecified atom stereocenters. The van der Waals surface area contributed by atoms with Gasteiger partial charge in [-0.3, -0.25) is 4.99 Å². The van der Waals surface area contributed by atoms with Crippen LogP contribution in [0.3, 0.4) is 0 Å². The second-order valence-corrected chi connectivity index (χ2v) is 8.14. The maximum Gasteiger partial charge on any atom is 0.124 e. The summed E-state index contributed by atoms with van der Waals surface area (Å²) in [7, 11) is 0. The normalized spacial score (nSPS) is 13.0. The van der Waals surface area contributed by atoms with Crippen LogP contribution >= 0.6 is 11.8 Å². The average molecular weight is 343 g/mol. The molecule has 0 bridgehead atoms. The van der Waals surface area contributed by atoms with Crippen molar-refractivity contribution >= 4 is 35.0 Å². The van der Waals surface area contributed by atoms with Crippen LogP contribution in [0.25, 0.3) is 0 Å². The molecule has 1 aromatic carbocycles. The van der Waals surface area contributed by atoms with Crippen LogP contribution in [0.4, 0.5) is 5.69 Å². The van der Waals surface area contributed by atoms with Crippen LogP contribution in [0.5, 0.6) is 0 Å². The molecule has 1 aromatic rings. The highest BCUT2D eigenvalue weighted by molar-refractivity contribution is 8.00. The molecule has 0 saturated carbocycles. The monoisotopic (exact) mass is 343 g/mol. The predicted octanol–water partition coefficient (Wildman–Crippen LogP) is 5.15. The first kappa shape index (κ1) is 20.2. The lowest BCUT2D eigenvalue weighted by Gasteiger charge is -2.19. The number of rotatable bonds is 5. The van der Waals surface area contributed by atoms with Gasteiger partial charge < -0.3 is 0 Å². The molecule has 0 heterocycles. The number of nitrogens with zero attached hydrogens (tertiary/aromatic N) is 1. The van der Waals surface area contributed by atoms with E-state index in [1.54, 1.807) is 13.8 Å². The van der Waals surface area contributed by atoms with Crippen molar-refractivity contribution in [2.24, 2.45) is 10.4 Å². The molecule has 4 heteroatoms. The molecule has 128 valence electrons. The van der Waals surface area contributed by atoms with Gasteiger partial charge in [0.25, 0.3) is 0 Å². The number of carbonyl (C=O) groups excluding carboxylic acids is 2. The maximum absolute atomic E-state index is 11.0. The van der Waals surface area contributed by atoms with E-state index in [1.807, 2.05) is 43.9 Å². The van der Waals surface area contributed by atoms with E-state index in [2.05, 4.69) is 20.8 Å². The van der Waals surface area contributed by atoms with E-state index in [1.165, 1.54) is 11.8 Å². The third kappa shape index (κ3) is 5.35. The molecule has 3 nitrogen and oxygen atoms in total. The largest absolute Gasteiger partial charge is 0.257 e. The molecule has 0 spiro atoms. The molecule has 0 aliphatic carbocycles. The highest BCUT2D eigenvalue weighted by Crippen LogP contribution is 2.34. The Morgan fingerprint density at radius 3 is 2.08 bits per heavy atom. The molecule has 0 fully saturated rings. The average Bonchev–Trinajstić information content (AvgIpc) is 2.52. The Labute approximate surface area is 149 Å². The quantitative estimate of drug-likeness (QED) is 0.422. The molecule has 0 amide bonds. The molecule has 0 aliphatic rings. The molecule has 0 radical (unpaired) electrons. The van der Waals surface area contributed by atoms with Gasteiger partial charge in [0.15, 0.2) is 0 Å². The fourth-order valence-corrected chi connectivity index (χ4v) is 2.92. The van der Waals surface area contributed by atoms with Gasteiger partial charge in [-0.1, -0.05) is 26.8 Å². The minimum Gasteiger partial charge on any atom is -0.257 e. The van der Waals surface area contributed by atoms with Crippen molar-refractivity contribution in [3.05, 3.63) is 34.9 Å². The zero-order valence-electron chi connectivity index (χ0n) is 15.5. The van der Waals surface area contributed by atoms with Gasteiger partial charge in [-0.15, -0.1) is 11.8 Å². The van der Waals surface area contributed by atoms with Crippen molar-refractivity contribution in [3.8, 4) is 0 Å². The highest BCUT2D eigenvalue weighted by Gasteiger charge is 2.18. The maximum atomic E-state index is 11.0. The molecule has 24 heavy (non-hydrogen) atoms. The minimum absolute atomic E-state index is 0.00576. The van der Waals surface area contributed by atoms with E-state index in [4.69, 9.17) is 4.99 Å². The van der Waals surface area contributed by atoms with Gasteiger partial charge in [-0.25, -0.2) is 9.59 Å². The van der Waals surface area contributed by atoms with E-state index >= 15 is 0 Å². The van der Waals surface area contributed by atoms with Gasteiger partial charge >= 0.3 is 0 Å².